The summed E-state index contributed by atoms with van der Waals surface area (Å²) in [5.41, 5.74) is 0.316. The Balaban J connectivity index is 2.04. The molecule has 1 N–H and O–H groups in total. The largest absolute Gasteiger partial charge is 0.435 e. The highest BCUT2D eigenvalue weighted by atomic mass is 19.3. The van der Waals surface area contributed by atoms with Gasteiger partial charge in [0.2, 0.25) is 5.89 Å². The number of carbonyl (C=O) groups is 1. The van der Waals surface area contributed by atoms with Crippen molar-refractivity contribution in [3.63, 3.8) is 0 Å². The van der Waals surface area contributed by atoms with Crippen LogP contribution >= 0.6 is 0 Å². The Bertz CT molecular complexity index is 629. The van der Waals surface area contributed by atoms with E-state index >= 15 is 0 Å². The van der Waals surface area contributed by atoms with E-state index in [0.717, 1.165) is 0 Å². The summed E-state index contributed by atoms with van der Waals surface area (Å²) in [6.07, 6.45) is 0.569. The van der Waals surface area contributed by atoms with Gasteiger partial charge in [0.15, 0.2) is 5.82 Å². The van der Waals surface area contributed by atoms with Gasteiger partial charge in [0.05, 0.1) is 0 Å². The van der Waals surface area contributed by atoms with Crippen molar-refractivity contribution >= 4 is 5.91 Å². The summed E-state index contributed by atoms with van der Waals surface area (Å²) < 4.78 is 33.4. The second-order valence-corrected chi connectivity index (χ2v) is 4.52. The molecular weight excluding hydrogens is 296 g/mol. The fourth-order valence-electron chi connectivity index (χ4n) is 1.82. The number of alkyl halides is 2. The highest BCUT2D eigenvalue weighted by molar-refractivity contribution is 5.94. The average molecular weight is 311 g/mol. The third kappa shape index (κ3) is 4.00. The molecule has 0 bridgehead atoms. The standard InChI is InChI=1S/C14H15F2N3O3/c1-3-11(13-17-8(2)19-22-13)18-12(20)9-4-6-10(7-5-9)21-14(15)16/h4-7,11,14H,3H2,1-2H3,(H,18,20). The monoisotopic (exact) mass is 311 g/mol. The van der Waals surface area contributed by atoms with Crippen LogP contribution in [0, 0.1) is 6.92 Å². The number of carbonyl (C=O) groups excluding carboxylic acids is 1. The van der Waals surface area contributed by atoms with Gasteiger partial charge in [-0.15, -0.1) is 0 Å². The molecule has 0 radical (unpaired) electrons. The van der Waals surface area contributed by atoms with E-state index in [-0.39, 0.29) is 11.7 Å². The number of benzene rings is 1. The average Bonchev–Trinajstić information content (AvgIpc) is 2.91. The lowest BCUT2D eigenvalue weighted by Crippen LogP contribution is -2.28. The molecule has 6 nitrogen and oxygen atoms in total. The normalized spacial score (nSPS) is 12.2. The van der Waals surface area contributed by atoms with E-state index in [1.54, 1.807) is 6.92 Å². The Morgan fingerprint density at radius 2 is 2.05 bits per heavy atom. The molecule has 1 amide bonds. The molecule has 1 atom stereocenters. The number of hydrogen-bond donors (Lipinski definition) is 1. The molecule has 1 unspecified atom stereocenters. The fourth-order valence-corrected chi connectivity index (χ4v) is 1.82. The zero-order chi connectivity index (χ0) is 16.1. The minimum absolute atomic E-state index is 0.00822. The molecule has 2 aromatic rings. The second-order valence-electron chi connectivity index (χ2n) is 4.52. The van der Waals surface area contributed by atoms with Crippen LogP contribution in [0.15, 0.2) is 28.8 Å². The Morgan fingerprint density at radius 3 is 2.55 bits per heavy atom. The van der Waals surface area contributed by atoms with Crippen molar-refractivity contribution in [2.24, 2.45) is 0 Å². The number of halogens is 2. The van der Waals surface area contributed by atoms with E-state index < -0.39 is 12.7 Å². The Morgan fingerprint density at radius 1 is 1.36 bits per heavy atom. The number of nitrogens with zero attached hydrogens (tertiary/aromatic N) is 2. The van der Waals surface area contributed by atoms with Gasteiger partial charge in [-0.25, -0.2) is 0 Å². The van der Waals surface area contributed by atoms with Gasteiger partial charge in [0.1, 0.15) is 11.8 Å². The van der Waals surface area contributed by atoms with Crippen LogP contribution < -0.4 is 10.1 Å². The number of aryl methyl sites for hydroxylation is 1. The highest BCUT2D eigenvalue weighted by Gasteiger charge is 2.19. The third-order valence-corrected chi connectivity index (χ3v) is 2.90. The maximum atomic E-state index is 12.1. The van der Waals surface area contributed by atoms with Crippen LogP contribution in [0.4, 0.5) is 8.78 Å². The first-order valence-electron chi connectivity index (χ1n) is 6.65. The molecule has 0 aliphatic carbocycles. The van der Waals surface area contributed by atoms with Crippen molar-refractivity contribution in [3.05, 3.63) is 41.5 Å². The van der Waals surface area contributed by atoms with E-state index in [4.69, 9.17) is 4.52 Å². The number of nitrogens with one attached hydrogen (secondary N) is 1. The Kier molecular flexibility index (Phi) is 5.03. The molecule has 0 fully saturated rings. The fraction of sp³-hybridized carbons (Fsp3) is 0.357. The molecule has 8 heteroatoms. The summed E-state index contributed by atoms with van der Waals surface area (Å²) in [4.78, 5) is 16.2. The molecule has 0 aliphatic heterocycles. The molecule has 0 aliphatic rings. The Hall–Kier alpha value is -2.51. The number of ether oxygens (including phenoxy) is 1. The van der Waals surface area contributed by atoms with Crippen molar-refractivity contribution in [1.29, 1.82) is 0 Å². The van der Waals surface area contributed by atoms with Crippen molar-refractivity contribution < 1.29 is 22.8 Å². The molecule has 1 aromatic heterocycles. The van der Waals surface area contributed by atoms with Crippen LogP contribution in [0.1, 0.15) is 41.5 Å². The molecule has 1 aromatic carbocycles. The zero-order valence-electron chi connectivity index (χ0n) is 12.0. The first-order valence-corrected chi connectivity index (χ1v) is 6.65. The molecule has 1 heterocycles. The van der Waals surface area contributed by atoms with Gasteiger partial charge in [0.25, 0.3) is 5.91 Å². The lowest BCUT2D eigenvalue weighted by molar-refractivity contribution is -0.0498. The lowest BCUT2D eigenvalue weighted by Gasteiger charge is -2.13. The van der Waals surface area contributed by atoms with Crippen molar-refractivity contribution in [2.75, 3.05) is 0 Å². The van der Waals surface area contributed by atoms with Gasteiger partial charge >= 0.3 is 6.61 Å². The summed E-state index contributed by atoms with van der Waals surface area (Å²) >= 11 is 0. The van der Waals surface area contributed by atoms with Crippen molar-refractivity contribution in [2.45, 2.75) is 32.9 Å². The number of amides is 1. The number of aromatic nitrogens is 2. The number of rotatable bonds is 6. The summed E-state index contributed by atoms with van der Waals surface area (Å²) in [5, 5.41) is 6.43. The van der Waals surface area contributed by atoms with E-state index in [1.165, 1.54) is 24.3 Å². The van der Waals surface area contributed by atoms with Crippen LogP contribution in [0.25, 0.3) is 0 Å². The van der Waals surface area contributed by atoms with Gasteiger partial charge in [-0.05, 0) is 37.6 Å². The smallest absolute Gasteiger partial charge is 0.387 e. The van der Waals surface area contributed by atoms with Gasteiger partial charge < -0.3 is 14.6 Å². The van der Waals surface area contributed by atoms with Gasteiger partial charge in [-0.2, -0.15) is 13.8 Å². The quantitative estimate of drug-likeness (QED) is 0.887. The van der Waals surface area contributed by atoms with E-state index in [0.29, 0.717) is 23.7 Å². The minimum atomic E-state index is -2.90. The molecule has 2 rings (SSSR count). The first kappa shape index (κ1) is 15.9. The predicted octanol–water partition coefficient (Wildman–Crippen LogP) is 2.86. The molecule has 22 heavy (non-hydrogen) atoms. The predicted molar refractivity (Wildman–Crippen MR) is 72.6 cm³/mol. The summed E-state index contributed by atoms with van der Waals surface area (Å²) in [7, 11) is 0. The van der Waals surface area contributed by atoms with Crippen LogP contribution in [-0.2, 0) is 0 Å². The first-order chi connectivity index (χ1) is 10.5. The topological polar surface area (TPSA) is 77.2 Å². The maximum Gasteiger partial charge on any atom is 0.387 e. The van der Waals surface area contributed by atoms with Crippen LogP contribution in [-0.4, -0.2) is 22.7 Å². The molecule has 0 saturated heterocycles. The summed E-state index contributed by atoms with van der Waals surface area (Å²) in [5.74, 6) is 0.430. The second kappa shape index (κ2) is 6.97. The van der Waals surface area contributed by atoms with Crippen LogP contribution in [0.5, 0.6) is 5.75 Å². The summed E-state index contributed by atoms with van der Waals surface area (Å²) in [6, 6.07) is 5.00. The molecule has 118 valence electrons. The maximum absolute atomic E-state index is 12.1. The molecule has 0 saturated carbocycles. The SMILES string of the molecule is CCC(NC(=O)c1ccc(OC(F)F)cc1)c1nc(C)no1. The van der Waals surface area contributed by atoms with Gasteiger partial charge in [-0.3, -0.25) is 4.79 Å². The zero-order valence-corrected chi connectivity index (χ0v) is 12.0. The summed E-state index contributed by atoms with van der Waals surface area (Å²) in [6.45, 7) is 0.651. The van der Waals surface area contributed by atoms with Gasteiger partial charge in [0, 0.05) is 5.56 Å². The minimum Gasteiger partial charge on any atom is -0.435 e. The Labute approximate surface area is 125 Å². The van der Waals surface area contributed by atoms with Crippen molar-refractivity contribution in [1.82, 2.24) is 15.5 Å². The van der Waals surface area contributed by atoms with Gasteiger partial charge in [-0.1, -0.05) is 12.1 Å². The molecule has 0 spiro atoms. The van der Waals surface area contributed by atoms with E-state index in [9.17, 15) is 13.6 Å². The lowest BCUT2D eigenvalue weighted by atomic mass is 10.1. The molecular formula is C14H15F2N3O3. The number of hydrogen-bond acceptors (Lipinski definition) is 5. The van der Waals surface area contributed by atoms with Crippen molar-refractivity contribution in [3.8, 4) is 5.75 Å². The van der Waals surface area contributed by atoms with Crippen LogP contribution in [0.3, 0.4) is 0 Å². The third-order valence-electron chi connectivity index (χ3n) is 2.90. The van der Waals surface area contributed by atoms with E-state index in [1.807, 2.05) is 6.92 Å². The van der Waals surface area contributed by atoms with E-state index in [2.05, 4.69) is 20.2 Å². The van der Waals surface area contributed by atoms with Crippen LogP contribution in [0.2, 0.25) is 0 Å². The highest BCUT2D eigenvalue weighted by Crippen LogP contribution is 2.17.